The Labute approximate surface area is 107 Å². The number of hydrogen-bond donors (Lipinski definition) is 1. The van der Waals surface area contributed by atoms with Crippen molar-refractivity contribution in [3.63, 3.8) is 0 Å². The van der Waals surface area contributed by atoms with Crippen LogP contribution in [0.4, 0.5) is 0 Å². The van der Waals surface area contributed by atoms with Crippen LogP contribution in [0.2, 0.25) is 0 Å². The topological polar surface area (TPSA) is 76.1 Å². The summed E-state index contributed by atoms with van der Waals surface area (Å²) in [7, 11) is 0. The first-order valence-corrected chi connectivity index (χ1v) is 6.05. The Hall–Kier alpha value is -1.14. The second kappa shape index (κ2) is 6.15. The molecule has 1 N–H and O–H groups in total. The van der Waals surface area contributed by atoms with Gasteiger partial charge in [0.15, 0.2) is 6.10 Å². The van der Waals surface area contributed by atoms with Crippen LogP contribution in [-0.4, -0.2) is 59.9 Å². The zero-order chi connectivity index (χ0) is 13.8. The van der Waals surface area contributed by atoms with E-state index < -0.39 is 17.6 Å². The van der Waals surface area contributed by atoms with Crippen LogP contribution in [0.1, 0.15) is 27.2 Å². The number of rotatable bonds is 4. The van der Waals surface area contributed by atoms with E-state index in [1.54, 1.807) is 4.90 Å². The summed E-state index contributed by atoms with van der Waals surface area (Å²) < 4.78 is 10.6. The summed E-state index contributed by atoms with van der Waals surface area (Å²) in [6.07, 6.45) is -0.692. The third-order valence-corrected chi connectivity index (χ3v) is 2.72. The summed E-state index contributed by atoms with van der Waals surface area (Å²) in [6, 6.07) is 0. The number of nitrogens with zero attached hydrogens (tertiary/aromatic N) is 1. The van der Waals surface area contributed by atoms with Crippen molar-refractivity contribution in [2.24, 2.45) is 0 Å². The van der Waals surface area contributed by atoms with Crippen molar-refractivity contribution in [2.45, 2.75) is 38.8 Å². The maximum absolute atomic E-state index is 12.3. The van der Waals surface area contributed by atoms with Crippen LogP contribution >= 0.6 is 0 Å². The third-order valence-electron chi connectivity index (χ3n) is 2.72. The van der Waals surface area contributed by atoms with Crippen molar-refractivity contribution in [3.8, 4) is 0 Å². The monoisotopic (exact) mass is 259 g/mol. The molecule has 0 radical (unpaired) electrons. The van der Waals surface area contributed by atoms with E-state index >= 15 is 0 Å². The smallest absolute Gasteiger partial charge is 0.305 e. The number of amides is 1. The van der Waals surface area contributed by atoms with Crippen LogP contribution in [0.15, 0.2) is 0 Å². The summed E-state index contributed by atoms with van der Waals surface area (Å²) >= 11 is 0. The lowest BCUT2D eigenvalue weighted by atomic mass is 10.0. The maximum Gasteiger partial charge on any atom is 0.305 e. The summed E-state index contributed by atoms with van der Waals surface area (Å²) in [5, 5.41) is 8.73. The highest BCUT2D eigenvalue weighted by molar-refractivity contribution is 5.82. The summed E-state index contributed by atoms with van der Waals surface area (Å²) in [6.45, 7) is 6.92. The number of carbonyl (C=O) groups is 2. The maximum atomic E-state index is 12.3. The van der Waals surface area contributed by atoms with E-state index in [1.165, 1.54) is 0 Å². The molecule has 0 bridgehead atoms. The minimum Gasteiger partial charge on any atom is -0.481 e. The third kappa shape index (κ3) is 4.27. The molecule has 1 unspecified atom stereocenters. The first kappa shape index (κ1) is 14.9. The van der Waals surface area contributed by atoms with Crippen LogP contribution < -0.4 is 0 Å². The molecule has 1 heterocycles. The molecule has 1 aliphatic rings. The first-order valence-electron chi connectivity index (χ1n) is 6.05. The number of aliphatic carboxylic acids is 1. The van der Waals surface area contributed by atoms with Gasteiger partial charge in [0.1, 0.15) is 0 Å². The molecule has 0 aromatic carbocycles. The molecular formula is C12H21NO5. The fraction of sp³-hybridized carbons (Fsp3) is 0.833. The molecule has 1 fully saturated rings. The Morgan fingerprint density at radius 1 is 1.33 bits per heavy atom. The van der Waals surface area contributed by atoms with E-state index in [2.05, 4.69) is 0 Å². The van der Waals surface area contributed by atoms with Crippen LogP contribution in [-0.2, 0) is 19.1 Å². The van der Waals surface area contributed by atoms with Crippen molar-refractivity contribution in [1.29, 1.82) is 0 Å². The van der Waals surface area contributed by atoms with Crippen molar-refractivity contribution in [1.82, 2.24) is 4.90 Å². The summed E-state index contributed by atoms with van der Waals surface area (Å²) in [5.41, 5.74) is -0.437. The highest BCUT2D eigenvalue weighted by Gasteiger charge is 2.33. The zero-order valence-corrected chi connectivity index (χ0v) is 11.1. The number of carboxylic acid groups (broad SMARTS) is 1. The fourth-order valence-corrected chi connectivity index (χ4v) is 1.79. The Balaban J connectivity index is 2.68. The van der Waals surface area contributed by atoms with Crippen molar-refractivity contribution in [3.05, 3.63) is 0 Å². The van der Waals surface area contributed by atoms with Gasteiger partial charge in [-0.15, -0.1) is 0 Å². The zero-order valence-electron chi connectivity index (χ0n) is 11.1. The lowest BCUT2D eigenvalue weighted by Gasteiger charge is -2.38. The average molecular weight is 259 g/mol. The van der Waals surface area contributed by atoms with Crippen LogP contribution in [0, 0.1) is 0 Å². The lowest BCUT2D eigenvalue weighted by Crippen LogP contribution is -2.53. The Morgan fingerprint density at radius 3 is 2.44 bits per heavy atom. The fourth-order valence-electron chi connectivity index (χ4n) is 1.79. The molecule has 0 aromatic rings. The van der Waals surface area contributed by atoms with Gasteiger partial charge in [-0.3, -0.25) is 9.59 Å². The molecule has 6 heteroatoms. The van der Waals surface area contributed by atoms with E-state index in [-0.39, 0.29) is 25.5 Å². The molecule has 104 valence electrons. The van der Waals surface area contributed by atoms with E-state index in [0.29, 0.717) is 13.2 Å². The molecule has 18 heavy (non-hydrogen) atoms. The Kier molecular flexibility index (Phi) is 5.10. The van der Waals surface area contributed by atoms with Gasteiger partial charge in [0, 0.05) is 12.1 Å². The van der Waals surface area contributed by atoms with Crippen molar-refractivity contribution in [2.75, 3.05) is 26.4 Å². The molecule has 1 atom stereocenters. The standard InChI is InChI=1S/C12H21NO5/c1-12(2,3)13(5-4-10(14)15)11(16)9-8-17-6-7-18-9/h9H,4-8H2,1-3H3,(H,14,15). The summed E-state index contributed by atoms with van der Waals surface area (Å²) in [5.74, 6) is -1.12. The number of carboxylic acids is 1. The predicted octanol–water partition coefficient (Wildman–Crippen LogP) is 0.504. The van der Waals surface area contributed by atoms with Crippen LogP contribution in [0.3, 0.4) is 0 Å². The Bertz CT molecular complexity index is 304. The second-order valence-corrected chi connectivity index (χ2v) is 5.24. The molecular weight excluding hydrogens is 238 g/mol. The first-order chi connectivity index (χ1) is 8.32. The number of ether oxygens (including phenoxy) is 2. The highest BCUT2D eigenvalue weighted by atomic mass is 16.6. The molecule has 0 aromatic heterocycles. The molecule has 1 saturated heterocycles. The SMILES string of the molecule is CC(C)(C)N(CCC(=O)O)C(=O)C1COCCO1. The molecule has 1 aliphatic heterocycles. The largest absolute Gasteiger partial charge is 0.481 e. The highest BCUT2D eigenvalue weighted by Crippen LogP contribution is 2.17. The van der Waals surface area contributed by atoms with Gasteiger partial charge in [0.2, 0.25) is 0 Å². The minimum atomic E-state index is -0.919. The van der Waals surface area contributed by atoms with Gasteiger partial charge < -0.3 is 19.5 Å². The quantitative estimate of drug-likeness (QED) is 0.795. The van der Waals surface area contributed by atoms with Gasteiger partial charge in [-0.25, -0.2) is 0 Å². The molecule has 1 amide bonds. The molecule has 6 nitrogen and oxygen atoms in total. The van der Waals surface area contributed by atoms with Gasteiger partial charge in [-0.05, 0) is 20.8 Å². The normalized spacial score (nSPS) is 20.5. The van der Waals surface area contributed by atoms with Gasteiger partial charge in [0.25, 0.3) is 5.91 Å². The molecule has 0 aliphatic carbocycles. The van der Waals surface area contributed by atoms with Gasteiger partial charge in [-0.2, -0.15) is 0 Å². The van der Waals surface area contributed by atoms with E-state index in [1.807, 2.05) is 20.8 Å². The second-order valence-electron chi connectivity index (χ2n) is 5.24. The van der Waals surface area contributed by atoms with Crippen LogP contribution in [0.5, 0.6) is 0 Å². The molecule has 0 saturated carbocycles. The lowest BCUT2D eigenvalue weighted by molar-refractivity contribution is -0.163. The number of hydrogen-bond acceptors (Lipinski definition) is 4. The number of carbonyl (C=O) groups excluding carboxylic acids is 1. The predicted molar refractivity (Wildman–Crippen MR) is 64.3 cm³/mol. The molecule has 0 spiro atoms. The van der Waals surface area contributed by atoms with Crippen LogP contribution in [0.25, 0.3) is 0 Å². The van der Waals surface area contributed by atoms with E-state index in [4.69, 9.17) is 14.6 Å². The van der Waals surface area contributed by atoms with E-state index in [0.717, 1.165) is 0 Å². The van der Waals surface area contributed by atoms with Crippen molar-refractivity contribution >= 4 is 11.9 Å². The minimum absolute atomic E-state index is 0.0728. The van der Waals surface area contributed by atoms with Gasteiger partial charge in [0.05, 0.1) is 26.2 Å². The van der Waals surface area contributed by atoms with Crippen molar-refractivity contribution < 1.29 is 24.2 Å². The molecule has 1 rings (SSSR count). The van der Waals surface area contributed by atoms with Gasteiger partial charge in [-0.1, -0.05) is 0 Å². The van der Waals surface area contributed by atoms with E-state index in [9.17, 15) is 9.59 Å². The Morgan fingerprint density at radius 2 is 2.00 bits per heavy atom. The average Bonchev–Trinajstić information content (AvgIpc) is 2.28. The summed E-state index contributed by atoms with van der Waals surface area (Å²) in [4.78, 5) is 24.5. The van der Waals surface area contributed by atoms with Gasteiger partial charge >= 0.3 is 5.97 Å².